The minimum Gasteiger partial charge on any atom is -0.494 e. The molecule has 0 saturated heterocycles. The maximum absolute atomic E-state index is 12.1. The summed E-state index contributed by atoms with van der Waals surface area (Å²) in [6.45, 7) is 5.05. The normalized spacial score (nSPS) is 11.5. The first-order valence-electron chi connectivity index (χ1n) is 7.24. The summed E-state index contributed by atoms with van der Waals surface area (Å²) in [4.78, 5) is 12.1. The molecular weight excluding hydrogens is 316 g/mol. The maximum Gasteiger partial charge on any atom is 0.271 e. The highest BCUT2D eigenvalue weighted by Gasteiger charge is 2.13. The molecule has 1 unspecified atom stereocenters. The maximum atomic E-state index is 12.1. The van der Waals surface area contributed by atoms with Crippen molar-refractivity contribution in [2.45, 2.75) is 13.8 Å². The average Bonchev–Trinajstić information content (AvgIpc) is 3.02. The number of aryl methyl sites for hydroxylation is 1. The van der Waals surface area contributed by atoms with Crippen molar-refractivity contribution in [1.82, 2.24) is 15.1 Å². The van der Waals surface area contributed by atoms with Gasteiger partial charge in [-0.1, -0.05) is 13.0 Å². The third-order valence-electron chi connectivity index (χ3n) is 3.42. The zero-order valence-electron chi connectivity index (χ0n) is 13.6. The second-order valence-electron chi connectivity index (χ2n) is 5.37. The molecule has 0 saturated carbocycles. The molecule has 2 rings (SSSR count). The van der Waals surface area contributed by atoms with Crippen molar-refractivity contribution < 1.29 is 9.53 Å². The SMILES string of the molecule is COc1ccc(C)cc1-n1ccc(C(=O)NCC(C)CN)n1.Cl. The third kappa shape index (κ3) is 4.71. The summed E-state index contributed by atoms with van der Waals surface area (Å²) in [7, 11) is 1.61. The van der Waals surface area contributed by atoms with Crippen LogP contribution in [0, 0.1) is 12.8 Å². The Morgan fingerprint density at radius 1 is 1.43 bits per heavy atom. The van der Waals surface area contributed by atoms with Crippen molar-refractivity contribution in [1.29, 1.82) is 0 Å². The Hall–Kier alpha value is -2.05. The summed E-state index contributed by atoms with van der Waals surface area (Å²) in [5, 5.41) is 7.16. The third-order valence-corrected chi connectivity index (χ3v) is 3.42. The molecule has 3 N–H and O–H groups in total. The van der Waals surface area contributed by atoms with Crippen LogP contribution in [0.4, 0.5) is 0 Å². The van der Waals surface area contributed by atoms with Crippen LogP contribution in [0.25, 0.3) is 5.69 Å². The van der Waals surface area contributed by atoms with Gasteiger partial charge in [0.25, 0.3) is 5.91 Å². The predicted molar refractivity (Wildman–Crippen MR) is 92.7 cm³/mol. The molecule has 0 spiro atoms. The number of hydrogen-bond acceptors (Lipinski definition) is 4. The smallest absolute Gasteiger partial charge is 0.271 e. The number of benzene rings is 1. The summed E-state index contributed by atoms with van der Waals surface area (Å²) in [5.74, 6) is 0.742. The van der Waals surface area contributed by atoms with E-state index in [1.54, 1.807) is 24.1 Å². The number of halogens is 1. The molecule has 1 aromatic carbocycles. The highest BCUT2D eigenvalue weighted by molar-refractivity contribution is 5.92. The lowest BCUT2D eigenvalue weighted by Gasteiger charge is -2.10. The largest absolute Gasteiger partial charge is 0.494 e. The number of aromatic nitrogens is 2. The van der Waals surface area contributed by atoms with Crippen molar-refractivity contribution >= 4 is 18.3 Å². The van der Waals surface area contributed by atoms with E-state index >= 15 is 0 Å². The Bertz CT molecular complexity index is 657. The van der Waals surface area contributed by atoms with Crippen LogP contribution in [-0.4, -0.2) is 35.9 Å². The molecular formula is C16H23ClN4O2. The molecule has 2 aromatic rings. The van der Waals surface area contributed by atoms with Crippen molar-refractivity contribution in [3.8, 4) is 11.4 Å². The van der Waals surface area contributed by atoms with Crippen LogP contribution in [-0.2, 0) is 0 Å². The first kappa shape index (κ1) is 19.0. The lowest BCUT2D eigenvalue weighted by atomic mass is 10.2. The Kier molecular flexibility index (Phi) is 7.06. The number of methoxy groups -OCH3 is 1. The fourth-order valence-corrected chi connectivity index (χ4v) is 2.00. The first-order chi connectivity index (χ1) is 10.5. The summed E-state index contributed by atoms with van der Waals surface area (Å²) < 4.78 is 6.99. The lowest BCUT2D eigenvalue weighted by Crippen LogP contribution is -2.31. The number of rotatable bonds is 6. The number of ether oxygens (including phenoxy) is 1. The topological polar surface area (TPSA) is 82.2 Å². The fraction of sp³-hybridized carbons (Fsp3) is 0.375. The quantitative estimate of drug-likeness (QED) is 0.843. The summed E-state index contributed by atoms with van der Waals surface area (Å²) in [6, 6.07) is 7.50. The van der Waals surface area contributed by atoms with Gasteiger partial charge in [0.1, 0.15) is 11.4 Å². The molecule has 0 aliphatic rings. The molecule has 7 heteroatoms. The van der Waals surface area contributed by atoms with Crippen LogP contribution >= 0.6 is 12.4 Å². The zero-order valence-corrected chi connectivity index (χ0v) is 14.4. The molecule has 1 aromatic heterocycles. The molecule has 0 radical (unpaired) electrons. The van der Waals surface area contributed by atoms with Gasteiger partial charge in [-0.15, -0.1) is 12.4 Å². The van der Waals surface area contributed by atoms with E-state index in [4.69, 9.17) is 10.5 Å². The summed E-state index contributed by atoms with van der Waals surface area (Å²) in [5.41, 5.74) is 7.80. The van der Waals surface area contributed by atoms with Crippen LogP contribution in [0.1, 0.15) is 23.0 Å². The van der Waals surface area contributed by atoms with Crippen molar-refractivity contribution in [2.24, 2.45) is 11.7 Å². The molecule has 1 atom stereocenters. The van der Waals surface area contributed by atoms with Crippen LogP contribution in [0.5, 0.6) is 5.75 Å². The number of hydrogen-bond donors (Lipinski definition) is 2. The van der Waals surface area contributed by atoms with E-state index in [0.717, 1.165) is 11.3 Å². The minimum absolute atomic E-state index is 0. The van der Waals surface area contributed by atoms with E-state index in [2.05, 4.69) is 10.4 Å². The Balaban J connectivity index is 0.00000264. The van der Waals surface area contributed by atoms with Gasteiger partial charge in [-0.25, -0.2) is 4.68 Å². The second-order valence-corrected chi connectivity index (χ2v) is 5.37. The van der Waals surface area contributed by atoms with Gasteiger partial charge in [0.15, 0.2) is 5.69 Å². The standard InChI is InChI=1S/C16H22N4O2.ClH/c1-11-4-5-15(22-3)14(8-11)20-7-6-13(19-20)16(21)18-10-12(2)9-17;/h4-8,12H,9-10,17H2,1-3H3,(H,18,21);1H. The van der Waals surface area contributed by atoms with Gasteiger partial charge >= 0.3 is 0 Å². The molecule has 0 aliphatic carbocycles. The van der Waals surface area contributed by atoms with Gasteiger partial charge in [-0.05, 0) is 43.1 Å². The highest BCUT2D eigenvalue weighted by atomic mass is 35.5. The number of carbonyl (C=O) groups excluding carboxylic acids is 1. The Labute approximate surface area is 142 Å². The number of carbonyl (C=O) groups is 1. The number of nitrogens with two attached hydrogens (primary N) is 1. The molecule has 1 amide bonds. The minimum atomic E-state index is -0.203. The van der Waals surface area contributed by atoms with E-state index in [1.165, 1.54) is 0 Å². The number of nitrogens with zero attached hydrogens (tertiary/aromatic N) is 2. The number of nitrogens with one attached hydrogen (secondary N) is 1. The van der Waals surface area contributed by atoms with Crippen LogP contribution in [0.3, 0.4) is 0 Å². The summed E-state index contributed by atoms with van der Waals surface area (Å²) in [6.07, 6.45) is 1.75. The van der Waals surface area contributed by atoms with Gasteiger partial charge < -0.3 is 15.8 Å². The molecule has 1 heterocycles. The van der Waals surface area contributed by atoms with Crippen molar-refractivity contribution in [2.75, 3.05) is 20.2 Å². The van der Waals surface area contributed by atoms with Gasteiger partial charge in [0.05, 0.1) is 7.11 Å². The zero-order chi connectivity index (χ0) is 16.1. The number of amides is 1. The summed E-state index contributed by atoms with van der Waals surface area (Å²) >= 11 is 0. The highest BCUT2D eigenvalue weighted by Crippen LogP contribution is 2.23. The van der Waals surface area contributed by atoms with Crippen LogP contribution in [0.15, 0.2) is 30.5 Å². The van der Waals surface area contributed by atoms with Crippen molar-refractivity contribution in [3.05, 3.63) is 41.7 Å². The molecule has 126 valence electrons. The lowest BCUT2D eigenvalue weighted by molar-refractivity contribution is 0.0943. The predicted octanol–water partition coefficient (Wildman–Crippen LogP) is 1.94. The Morgan fingerprint density at radius 2 is 2.17 bits per heavy atom. The van der Waals surface area contributed by atoms with E-state index in [1.807, 2.05) is 32.0 Å². The Morgan fingerprint density at radius 3 is 2.83 bits per heavy atom. The van der Waals surface area contributed by atoms with Crippen LogP contribution in [0.2, 0.25) is 0 Å². The van der Waals surface area contributed by atoms with Gasteiger partial charge in [0.2, 0.25) is 0 Å². The first-order valence-corrected chi connectivity index (χ1v) is 7.24. The van der Waals surface area contributed by atoms with Gasteiger partial charge in [0, 0.05) is 12.7 Å². The average molecular weight is 339 g/mol. The second kappa shape index (κ2) is 8.55. The molecule has 0 fully saturated rings. The van der Waals surface area contributed by atoms with Crippen molar-refractivity contribution in [3.63, 3.8) is 0 Å². The monoisotopic (exact) mass is 338 g/mol. The molecule has 6 nitrogen and oxygen atoms in total. The molecule has 0 bridgehead atoms. The van der Waals surface area contributed by atoms with Crippen LogP contribution < -0.4 is 15.8 Å². The van der Waals surface area contributed by atoms with Gasteiger partial charge in [-0.2, -0.15) is 5.10 Å². The van der Waals surface area contributed by atoms with Gasteiger partial charge in [-0.3, -0.25) is 4.79 Å². The van der Waals surface area contributed by atoms with E-state index in [9.17, 15) is 4.79 Å². The van der Waals surface area contributed by atoms with E-state index in [0.29, 0.717) is 24.5 Å². The molecule has 0 aliphatic heterocycles. The van der Waals surface area contributed by atoms with E-state index in [-0.39, 0.29) is 24.2 Å². The molecule has 23 heavy (non-hydrogen) atoms. The van der Waals surface area contributed by atoms with E-state index < -0.39 is 0 Å². The fourth-order valence-electron chi connectivity index (χ4n) is 2.00.